The van der Waals surface area contributed by atoms with Crippen molar-refractivity contribution in [3.8, 4) is 22.9 Å². The molecule has 0 aliphatic rings. The molecule has 6 heteroatoms. The van der Waals surface area contributed by atoms with E-state index in [9.17, 15) is 4.79 Å². The second-order valence-corrected chi connectivity index (χ2v) is 5.96. The Morgan fingerprint density at radius 1 is 0.885 bits per heavy atom. The topological polar surface area (TPSA) is 49.7 Å². The molecule has 0 radical (unpaired) electrons. The fraction of sp³-hybridized carbons (Fsp3) is 0.150. The van der Waals surface area contributed by atoms with Gasteiger partial charge >= 0.3 is 0 Å². The number of halogens is 1. The lowest BCUT2D eigenvalue weighted by Gasteiger charge is -2.13. The van der Waals surface area contributed by atoms with Crippen LogP contribution in [-0.4, -0.2) is 31.7 Å². The van der Waals surface area contributed by atoms with E-state index in [1.165, 1.54) is 21.3 Å². The van der Waals surface area contributed by atoms with Crippen LogP contribution in [0.3, 0.4) is 0 Å². The van der Waals surface area contributed by atoms with E-state index < -0.39 is 0 Å². The Hall–Kier alpha value is -2.92. The predicted molar refractivity (Wildman–Crippen MR) is 100 cm³/mol. The fourth-order valence-corrected chi connectivity index (χ4v) is 2.81. The first-order chi connectivity index (χ1) is 12.6. The molecule has 0 unspecified atom stereocenters. The number of hydrogen-bond acceptors (Lipinski definition) is 4. The molecule has 0 bridgehead atoms. The highest BCUT2D eigenvalue weighted by molar-refractivity contribution is 6.30. The van der Waals surface area contributed by atoms with Crippen molar-refractivity contribution < 1.29 is 19.0 Å². The Balaban J connectivity index is 1.96. The largest absolute Gasteiger partial charge is 0.493 e. The summed E-state index contributed by atoms with van der Waals surface area (Å²) in [6.45, 7) is 0. The van der Waals surface area contributed by atoms with Crippen molar-refractivity contribution >= 4 is 17.4 Å². The third-order valence-corrected chi connectivity index (χ3v) is 4.26. The molecule has 134 valence electrons. The Morgan fingerprint density at radius 2 is 1.50 bits per heavy atom. The van der Waals surface area contributed by atoms with Gasteiger partial charge in [0.2, 0.25) is 5.75 Å². The summed E-state index contributed by atoms with van der Waals surface area (Å²) in [5.74, 6) is 1.18. The molecule has 1 aromatic heterocycles. The number of methoxy groups -OCH3 is 3. The number of rotatable bonds is 6. The molecule has 1 heterocycles. The van der Waals surface area contributed by atoms with Crippen molar-refractivity contribution in [1.29, 1.82) is 0 Å². The summed E-state index contributed by atoms with van der Waals surface area (Å²) >= 11 is 5.92. The standard InChI is InChI=1S/C20H18ClNO4/c1-24-17-10-14(11-18(25-2)20(17)26-3)19(23)13-8-9-22(12-13)16-6-4-15(21)5-7-16/h4-12H,1-3H3. The fourth-order valence-electron chi connectivity index (χ4n) is 2.68. The maximum absolute atomic E-state index is 12.9. The molecule has 0 saturated heterocycles. The summed E-state index contributed by atoms with van der Waals surface area (Å²) < 4.78 is 17.8. The van der Waals surface area contributed by atoms with Gasteiger partial charge in [-0.2, -0.15) is 0 Å². The Bertz CT molecular complexity index is 906. The van der Waals surface area contributed by atoms with Crippen LogP contribution in [0.5, 0.6) is 17.2 Å². The van der Waals surface area contributed by atoms with Crippen molar-refractivity contribution in [2.45, 2.75) is 0 Å². The number of carbonyl (C=O) groups excluding carboxylic acids is 1. The number of nitrogens with zero attached hydrogens (tertiary/aromatic N) is 1. The zero-order chi connectivity index (χ0) is 18.7. The van der Waals surface area contributed by atoms with Crippen LogP contribution in [0, 0.1) is 0 Å². The maximum atomic E-state index is 12.9. The molecule has 0 aliphatic carbocycles. The summed E-state index contributed by atoms with van der Waals surface area (Å²) in [5.41, 5.74) is 1.92. The normalized spacial score (nSPS) is 10.5. The summed E-state index contributed by atoms with van der Waals surface area (Å²) in [4.78, 5) is 12.9. The van der Waals surface area contributed by atoms with Crippen LogP contribution < -0.4 is 14.2 Å². The Kier molecular flexibility index (Phi) is 5.19. The first-order valence-corrected chi connectivity index (χ1v) is 8.23. The van der Waals surface area contributed by atoms with E-state index in [0.29, 0.717) is 33.4 Å². The van der Waals surface area contributed by atoms with Gasteiger partial charge in [0.1, 0.15) is 0 Å². The number of aromatic nitrogens is 1. The SMILES string of the molecule is COc1cc(C(=O)c2ccn(-c3ccc(Cl)cc3)c2)cc(OC)c1OC. The minimum absolute atomic E-state index is 0.142. The van der Waals surface area contributed by atoms with Gasteiger partial charge < -0.3 is 18.8 Å². The molecule has 0 fully saturated rings. The molecule has 0 spiro atoms. The summed E-state index contributed by atoms with van der Waals surface area (Å²) in [6.07, 6.45) is 3.60. The van der Waals surface area contributed by atoms with Crippen LogP contribution in [0.25, 0.3) is 5.69 Å². The minimum Gasteiger partial charge on any atom is -0.493 e. The van der Waals surface area contributed by atoms with E-state index >= 15 is 0 Å². The molecule has 26 heavy (non-hydrogen) atoms. The molecule has 0 atom stereocenters. The highest BCUT2D eigenvalue weighted by atomic mass is 35.5. The van der Waals surface area contributed by atoms with Gasteiger partial charge in [-0.05, 0) is 42.5 Å². The molecule has 0 N–H and O–H groups in total. The van der Waals surface area contributed by atoms with Crippen LogP contribution in [0.2, 0.25) is 5.02 Å². The summed E-state index contributed by atoms with van der Waals surface area (Å²) in [6, 6.07) is 12.4. The second kappa shape index (κ2) is 7.54. The number of ketones is 1. The van der Waals surface area contributed by atoms with E-state index in [2.05, 4.69) is 0 Å². The Morgan fingerprint density at radius 3 is 2.04 bits per heavy atom. The van der Waals surface area contributed by atoms with Gasteiger partial charge in [0.25, 0.3) is 0 Å². The van der Waals surface area contributed by atoms with Gasteiger partial charge in [-0.25, -0.2) is 0 Å². The first-order valence-electron chi connectivity index (χ1n) is 7.86. The third kappa shape index (κ3) is 3.39. The zero-order valence-electron chi connectivity index (χ0n) is 14.7. The van der Waals surface area contributed by atoms with Gasteiger partial charge in [-0.15, -0.1) is 0 Å². The van der Waals surface area contributed by atoms with Gasteiger partial charge in [-0.1, -0.05) is 11.6 Å². The van der Waals surface area contributed by atoms with E-state index in [4.69, 9.17) is 25.8 Å². The molecule has 0 saturated carbocycles. The number of hydrogen-bond donors (Lipinski definition) is 0. The van der Waals surface area contributed by atoms with Crippen molar-refractivity contribution in [2.24, 2.45) is 0 Å². The van der Waals surface area contributed by atoms with Crippen LogP contribution in [0.15, 0.2) is 54.9 Å². The summed E-state index contributed by atoms with van der Waals surface area (Å²) in [5, 5.41) is 0.662. The third-order valence-electron chi connectivity index (χ3n) is 4.01. The average molecular weight is 372 g/mol. The van der Waals surface area contributed by atoms with Crippen LogP contribution in [0.1, 0.15) is 15.9 Å². The zero-order valence-corrected chi connectivity index (χ0v) is 15.4. The summed E-state index contributed by atoms with van der Waals surface area (Å²) in [7, 11) is 4.55. The number of ether oxygens (including phenoxy) is 3. The molecular formula is C20H18ClNO4. The van der Waals surface area contributed by atoms with E-state index in [1.54, 1.807) is 36.5 Å². The van der Waals surface area contributed by atoms with Crippen molar-refractivity contribution in [3.05, 3.63) is 71.0 Å². The second-order valence-electron chi connectivity index (χ2n) is 5.53. The number of benzene rings is 2. The maximum Gasteiger partial charge on any atom is 0.203 e. The quantitative estimate of drug-likeness (QED) is 0.603. The smallest absolute Gasteiger partial charge is 0.203 e. The van der Waals surface area contributed by atoms with E-state index in [0.717, 1.165) is 5.69 Å². The Labute approximate surface area is 156 Å². The molecule has 0 aliphatic heterocycles. The van der Waals surface area contributed by atoms with Crippen LogP contribution in [0.4, 0.5) is 0 Å². The highest BCUT2D eigenvalue weighted by Gasteiger charge is 2.18. The lowest BCUT2D eigenvalue weighted by atomic mass is 10.0. The van der Waals surface area contributed by atoms with Crippen molar-refractivity contribution in [2.75, 3.05) is 21.3 Å². The molecule has 2 aromatic carbocycles. The van der Waals surface area contributed by atoms with Gasteiger partial charge in [0, 0.05) is 34.2 Å². The van der Waals surface area contributed by atoms with Gasteiger partial charge in [-0.3, -0.25) is 4.79 Å². The minimum atomic E-state index is -0.142. The van der Waals surface area contributed by atoms with E-state index in [1.807, 2.05) is 22.9 Å². The molecule has 3 aromatic rings. The first kappa shape index (κ1) is 17.9. The molecule has 0 amide bonds. The molecular weight excluding hydrogens is 354 g/mol. The monoisotopic (exact) mass is 371 g/mol. The average Bonchev–Trinajstić information content (AvgIpc) is 3.16. The molecule has 5 nitrogen and oxygen atoms in total. The predicted octanol–water partition coefficient (Wildman–Crippen LogP) is 4.39. The van der Waals surface area contributed by atoms with Gasteiger partial charge in [0.05, 0.1) is 21.3 Å². The van der Waals surface area contributed by atoms with Gasteiger partial charge in [0.15, 0.2) is 17.3 Å². The lowest BCUT2D eigenvalue weighted by Crippen LogP contribution is -2.03. The highest BCUT2D eigenvalue weighted by Crippen LogP contribution is 2.38. The number of carbonyl (C=O) groups is 1. The van der Waals surface area contributed by atoms with Crippen LogP contribution in [-0.2, 0) is 0 Å². The molecule has 3 rings (SSSR count). The lowest BCUT2D eigenvalue weighted by molar-refractivity contribution is 0.103. The van der Waals surface area contributed by atoms with Crippen molar-refractivity contribution in [1.82, 2.24) is 4.57 Å². The van der Waals surface area contributed by atoms with Crippen LogP contribution >= 0.6 is 11.6 Å². The van der Waals surface area contributed by atoms with Crippen molar-refractivity contribution in [3.63, 3.8) is 0 Å². The van der Waals surface area contributed by atoms with E-state index in [-0.39, 0.29) is 5.78 Å².